The Balaban J connectivity index is 0.00000107. The molecular formula is C23H33N3O5. The van der Waals surface area contributed by atoms with Crippen molar-refractivity contribution in [1.29, 1.82) is 0 Å². The maximum atomic E-state index is 13.1. The first-order valence-corrected chi connectivity index (χ1v) is 10.6. The fraction of sp³-hybridized carbons (Fsp3) is 0.522. The van der Waals surface area contributed by atoms with Crippen LogP contribution in [0.3, 0.4) is 0 Å². The molecule has 3 N–H and O–H groups in total. The molecule has 8 nitrogen and oxygen atoms in total. The molecule has 0 saturated carbocycles. The minimum absolute atomic E-state index is 0.0453. The zero-order valence-corrected chi connectivity index (χ0v) is 18.5. The van der Waals surface area contributed by atoms with E-state index in [-0.39, 0.29) is 19.0 Å². The van der Waals surface area contributed by atoms with Gasteiger partial charge in [0.2, 0.25) is 0 Å². The molecule has 31 heavy (non-hydrogen) atoms. The number of aryl methyl sites for hydroxylation is 2. The van der Waals surface area contributed by atoms with Crippen molar-refractivity contribution in [2.75, 3.05) is 19.7 Å². The minimum Gasteiger partial charge on any atom is -0.483 e. The van der Waals surface area contributed by atoms with Crippen LogP contribution in [-0.4, -0.2) is 68.2 Å². The van der Waals surface area contributed by atoms with E-state index in [0.29, 0.717) is 38.0 Å². The standard InChI is InChI=1S/C22H31N3O3.CH2O2/c1-4-9-22(15-26)14-24(10-8-20(22)27)21(28)19-7-5-6-18(12-19)13-25-17(3)11-16(2)23-25;2-1-3/h5-7,11-12,20,26-27H,4,8-10,13-15H2,1-3H3;1H,(H,2,3)/t20-,22-;/m0./s1. The zero-order valence-electron chi connectivity index (χ0n) is 18.5. The zero-order chi connectivity index (χ0) is 23.0. The van der Waals surface area contributed by atoms with Gasteiger partial charge in [-0.15, -0.1) is 0 Å². The second-order valence-electron chi connectivity index (χ2n) is 8.19. The molecule has 0 radical (unpaired) electrons. The summed E-state index contributed by atoms with van der Waals surface area (Å²) in [5, 5.41) is 31.8. The smallest absolute Gasteiger partial charge is 0.290 e. The van der Waals surface area contributed by atoms with E-state index >= 15 is 0 Å². The highest BCUT2D eigenvalue weighted by atomic mass is 16.3. The normalized spacial score (nSPS) is 20.7. The van der Waals surface area contributed by atoms with E-state index in [0.717, 1.165) is 23.4 Å². The lowest BCUT2D eigenvalue weighted by Gasteiger charge is -2.45. The first-order valence-electron chi connectivity index (χ1n) is 10.6. The van der Waals surface area contributed by atoms with Gasteiger partial charge >= 0.3 is 0 Å². The number of carbonyl (C=O) groups is 2. The van der Waals surface area contributed by atoms with Gasteiger partial charge in [-0.2, -0.15) is 5.10 Å². The van der Waals surface area contributed by atoms with Crippen molar-refractivity contribution in [1.82, 2.24) is 14.7 Å². The van der Waals surface area contributed by atoms with E-state index < -0.39 is 11.5 Å². The molecule has 1 amide bonds. The summed E-state index contributed by atoms with van der Waals surface area (Å²) in [6, 6.07) is 9.69. The number of aliphatic hydroxyl groups excluding tert-OH is 2. The van der Waals surface area contributed by atoms with Gasteiger partial charge in [-0.25, -0.2) is 0 Å². The molecule has 0 spiro atoms. The van der Waals surface area contributed by atoms with E-state index in [1.165, 1.54) is 0 Å². The van der Waals surface area contributed by atoms with Crippen molar-refractivity contribution in [2.45, 2.75) is 52.7 Å². The topological polar surface area (TPSA) is 116 Å². The van der Waals surface area contributed by atoms with Gasteiger partial charge in [-0.3, -0.25) is 14.3 Å². The van der Waals surface area contributed by atoms with Gasteiger partial charge in [-0.1, -0.05) is 25.5 Å². The molecule has 1 aromatic heterocycles. The Morgan fingerprint density at radius 1 is 1.32 bits per heavy atom. The Bertz CT molecular complexity index is 882. The van der Waals surface area contributed by atoms with Gasteiger partial charge in [0.15, 0.2) is 0 Å². The summed E-state index contributed by atoms with van der Waals surface area (Å²) in [6.45, 7) is 7.19. The number of carbonyl (C=O) groups excluding carboxylic acids is 1. The number of benzene rings is 1. The maximum Gasteiger partial charge on any atom is 0.290 e. The van der Waals surface area contributed by atoms with E-state index in [1.807, 2.05) is 55.8 Å². The third kappa shape index (κ3) is 5.92. The second-order valence-corrected chi connectivity index (χ2v) is 8.19. The highest BCUT2D eigenvalue weighted by Gasteiger charge is 2.43. The fourth-order valence-electron chi connectivity index (χ4n) is 4.29. The van der Waals surface area contributed by atoms with Crippen LogP contribution in [0, 0.1) is 19.3 Å². The fourth-order valence-corrected chi connectivity index (χ4v) is 4.29. The number of carboxylic acid groups (broad SMARTS) is 1. The first-order chi connectivity index (χ1) is 14.8. The molecule has 1 aromatic carbocycles. The van der Waals surface area contributed by atoms with E-state index in [4.69, 9.17) is 9.90 Å². The lowest BCUT2D eigenvalue weighted by atomic mass is 9.74. The summed E-state index contributed by atoms with van der Waals surface area (Å²) in [5.41, 5.74) is 3.11. The largest absolute Gasteiger partial charge is 0.483 e. The Hall–Kier alpha value is -2.71. The summed E-state index contributed by atoms with van der Waals surface area (Å²) in [7, 11) is 0. The summed E-state index contributed by atoms with van der Waals surface area (Å²) >= 11 is 0. The lowest BCUT2D eigenvalue weighted by molar-refractivity contribution is -0.122. The lowest BCUT2D eigenvalue weighted by Crippen LogP contribution is -2.55. The van der Waals surface area contributed by atoms with Crippen molar-refractivity contribution in [3.8, 4) is 0 Å². The molecular weight excluding hydrogens is 398 g/mol. The van der Waals surface area contributed by atoms with Gasteiger partial charge in [0, 0.05) is 29.8 Å². The quantitative estimate of drug-likeness (QED) is 0.604. The van der Waals surface area contributed by atoms with Crippen LogP contribution in [0.2, 0.25) is 0 Å². The summed E-state index contributed by atoms with van der Waals surface area (Å²) in [5.74, 6) is -0.0453. The number of rotatable bonds is 6. The van der Waals surface area contributed by atoms with Crippen molar-refractivity contribution in [2.24, 2.45) is 5.41 Å². The van der Waals surface area contributed by atoms with Gasteiger partial charge in [0.25, 0.3) is 12.4 Å². The average Bonchev–Trinajstić information content (AvgIpc) is 3.06. The molecule has 1 fully saturated rings. The van der Waals surface area contributed by atoms with E-state index in [1.54, 1.807) is 4.90 Å². The number of amides is 1. The molecule has 1 aliphatic rings. The highest BCUT2D eigenvalue weighted by molar-refractivity contribution is 5.94. The van der Waals surface area contributed by atoms with Crippen LogP contribution in [0.5, 0.6) is 0 Å². The van der Waals surface area contributed by atoms with Gasteiger partial charge in [0.05, 0.1) is 24.9 Å². The Labute approximate surface area is 183 Å². The number of likely N-dealkylation sites (tertiary alicyclic amines) is 1. The third-order valence-electron chi connectivity index (χ3n) is 5.84. The summed E-state index contributed by atoms with van der Waals surface area (Å²) in [4.78, 5) is 23.3. The van der Waals surface area contributed by atoms with Gasteiger partial charge in [-0.05, 0) is 50.5 Å². The Morgan fingerprint density at radius 2 is 2.03 bits per heavy atom. The van der Waals surface area contributed by atoms with Gasteiger partial charge < -0.3 is 20.2 Å². The van der Waals surface area contributed by atoms with E-state index in [2.05, 4.69) is 5.10 Å². The molecule has 170 valence electrons. The molecule has 2 aromatic rings. The summed E-state index contributed by atoms with van der Waals surface area (Å²) in [6.07, 6.45) is 1.49. The van der Waals surface area contributed by atoms with Crippen LogP contribution in [0.4, 0.5) is 0 Å². The number of nitrogens with zero attached hydrogens (tertiary/aromatic N) is 3. The van der Waals surface area contributed by atoms with Crippen LogP contribution >= 0.6 is 0 Å². The van der Waals surface area contributed by atoms with Gasteiger partial charge in [0.1, 0.15) is 0 Å². The predicted molar refractivity (Wildman–Crippen MR) is 117 cm³/mol. The molecule has 0 bridgehead atoms. The maximum absolute atomic E-state index is 13.1. The van der Waals surface area contributed by atoms with Crippen LogP contribution in [0.15, 0.2) is 30.3 Å². The summed E-state index contributed by atoms with van der Waals surface area (Å²) < 4.78 is 1.94. The molecule has 0 unspecified atom stereocenters. The van der Waals surface area contributed by atoms with Crippen LogP contribution < -0.4 is 0 Å². The molecule has 2 atom stereocenters. The Morgan fingerprint density at radius 3 is 2.61 bits per heavy atom. The molecule has 0 aliphatic carbocycles. The SMILES string of the molecule is CCC[C@@]1(CO)CN(C(=O)c2cccc(Cn3nc(C)cc3C)c2)CC[C@@H]1O.O=CO. The molecule has 1 saturated heterocycles. The highest BCUT2D eigenvalue weighted by Crippen LogP contribution is 2.35. The van der Waals surface area contributed by atoms with Crippen LogP contribution in [0.1, 0.15) is 53.5 Å². The van der Waals surface area contributed by atoms with E-state index in [9.17, 15) is 15.0 Å². The van der Waals surface area contributed by atoms with Crippen LogP contribution in [0.25, 0.3) is 0 Å². The van der Waals surface area contributed by atoms with Crippen molar-refractivity contribution in [3.63, 3.8) is 0 Å². The number of piperidine rings is 1. The average molecular weight is 432 g/mol. The number of hydrogen-bond donors (Lipinski definition) is 3. The minimum atomic E-state index is -0.621. The molecule has 1 aliphatic heterocycles. The number of hydrogen-bond acceptors (Lipinski definition) is 5. The third-order valence-corrected chi connectivity index (χ3v) is 5.84. The molecule has 3 rings (SSSR count). The number of aliphatic hydroxyl groups is 2. The van der Waals surface area contributed by atoms with Crippen molar-refractivity contribution >= 4 is 12.4 Å². The Kier molecular flexibility index (Phi) is 8.76. The second kappa shape index (κ2) is 11.1. The molecule has 8 heteroatoms. The predicted octanol–water partition coefficient (Wildman–Crippen LogP) is 2.23. The number of aromatic nitrogens is 2. The van der Waals surface area contributed by atoms with Crippen molar-refractivity contribution in [3.05, 3.63) is 52.8 Å². The molecule has 2 heterocycles. The first kappa shape index (κ1) is 24.6. The van der Waals surface area contributed by atoms with Crippen molar-refractivity contribution < 1.29 is 24.9 Å². The monoisotopic (exact) mass is 431 g/mol. The van der Waals surface area contributed by atoms with Crippen LogP contribution in [-0.2, 0) is 11.3 Å².